The second-order valence-electron chi connectivity index (χ2n) is 6.21. The van der Waals surface area contributed by atoms with Gasteiger partial charge in [-0.1, -0.05) is 12.5 Å². The Balaban J connectivity index is 1.77. The number of amides is 1. The summed E-state index contributed by atoms with van der Waals surface area (Å²) in [6, 6.07) is 6.17. The standard InChI is InChI=1S/C17H22N4O3S/c1-13-5-2-3-10-21(13)25(23,24)15-7-4-6-14(11-15)17(22)20-12-16-18-8-9-19-16/h4,6-9,11,13H,2-3,5,10,12H2,1H3,(H,18,19)(H,20,22). The second kappa shape index (κ2) is 7.37. The summed E-state index contributed by atoms with van der Waals surface area (Å²) in [5.41, 5.74) is 0.317. The van der Waals surface area contributed by atoms with Crippen LogP contribution in [-0.4, -0.2) is 41.2 Å². The maximum Gasteiger partial charge on any atom is 0.251 e. The minimum atomic E-state index is -3.59. The molecular formula is C17H22N4O3S. The summed E-state index contributed by atoms with van der Waals surface area (Å²) in [7, 11) is -3.59. The monoisotopic (exact) mass is 362 g/mol. The lowest BCUT2D eigenvalue weighted by atomic mass is 10.1. The van der Waals surface area contributed by atoms with Crippen LogP contribution in [0, 0.1) is 0 Å². The van der Waals surface area contributed by atoms with Gasteiger partial charge in [0.25, 0.3) is 5.91 Å². The molecule has 2 N–H and O–H groups in total. The number of hydrogen-bond acceptors (Lipinski definition) is 4. The molecule has 0 spiro atoms. The molecule has 1 aromatic heterocycles. The molecular weight excluding hydrogens is 340 g/mol. The van der Waals surface area contributed by atoms with Crippen LogP contribution in [0.1, 0.15) is 42.4 Å². The van der Waals surface area contributed by atoms with Crippen LogP contribution < -0.4 is 5.32 Å². The fourth-order valence-corrected chi connectivity index (χ4v) is 4.77. The quantitative estimate of drug-likeness (QED) is 0.849. The Morgan fingerprint density at radius 2 is 2.24 bits per heavy atom. The van der Waals surface area contributed by atoms with E-state index in [0.717, 1.165) is 19.3 Å². The van der Waals surface area contributed by atoms with Crippen LogP contribution >= 0.6 is 0 Å². The van der Waals surface area contributed by atoms with Crippen molar-refractivity contribution in [2.45, 2.75) is 43.7 Å². The number of H-pyrrole nitrogens is 1. The van der Waals surface area contributed by atoms with Gasteiger partial charge in [0.05, 0.1) is 11.4 Å². The molecule has 1 atom stereocenters. The van der Waals surface area contributed by atoms with Crippen molar-refractivity contribution in [3.8, 4) is 0 Å². The van der Waals surface area contributed by atoms with Crippen molar-refractivity contribution in [3.63, 3.8) is 0 Å². The number of nitrogens with one attached hydrogen (secondary N) is 2. The van der Waals surface area contributed by atoms with E-state index >= 15 is 0 Å². The molecule has 25 heavy (non-hydrogen) atoms. The van der Waals surface area contributed by atoms with E-state index < -0.39 is 10.0 Å². The predicted octanol–water partition coefficient (Wildman–Crippen LogP) is 1.90. The summed E-state index contributed by atoms with van der Waals surface area (Å²) in [4.78, 5) is 19.4. The first-order valence-electron chi connectivity index (χ1n) is 8.37. The minimum absolute atomic E-state index is 0.0183. The first-order chi connectivity index (χ1) is 12.0. The molecule has 134 valence electrons. The van der Waals surface area contributed by atoms with E-state index in [1.54, 1.807) is 30.6 Å². The van der Waals surface area contributed by atoms with Gasteiger partial charge in [0.1, 0.15) is 5.82 Å². The van der Waals surface area contributed by atoms with E-state index in [2.05, 4.69) is 15.3 Å². The molecule has 3 rings (SSSR count). The minimum Gasteiger partial charge on any atom is -0.347 e. The van der Waals surface area contributed by atoms with Gasteiger partial charge in [0.15, 0.2) is 0 Å². The van der Waals surface area contributed by atoms with E-state index in [-0.39, 0.29) is 23.4 Å². The number of hydrogen-bond donors (Lipinski definition) is 2. The summed E-state index contributed by atoms with van der Waals surface area (Å²) in [6.45, 7) is 2.71. The highest BCUT2D eigenvalue weighted by Crippen LogP contribution is 2.25. The van der Waals surface area contributed by atoms with Gasteiger partial charge in [-0.15, -0.1) is 0 Å². The summed E-state index contributed by atoms with van der Waals surface area (Å²) in [5.74, 6) is 0.305. The Hall–Kier alpha value is -2.19. The third-order valence-electron chi connectivity index (χ3n) is 4.42. The molecule has 1 aromatic carbocycles. The number of carbonyl (C=O) groups is 1. The number of aromatic nitrogens is 2. The number of nitrogens with zero attached hydrogens (tertiary/aromatic N) is 2. The molecule has 1 aliphatic heterocycles. The van der Waals surface area contributed by atoms with Crippen molar-refractivity contribution in [1.82, 2.24) is 19.6 Å². The molecule has 0 aliphatic carbocycles. The van der Waals surface area contributed by atoms with Gasteiger partial charge in [0.2, 0.25) is 10.0 Å². The molecule has 1 aliphatic rings. The Morgan fingerprint density at radius 3 is 2.96 bits per heavy atom. The van der Waals surface area contributed by atoms with Gasteiger partial charge in [-0.2, -0.15) is 4.31 Å². The molecule has 1 saturated heterocycles. The number of piperidine rings is 1. The lowest BCUT2D eigenvalue weighted by Gasteiger charge is -2.32. The second-order valence-corrected chi connectivity index (χ2v) is 8.10. The van der Waals surface area contributed by atoms with E-state index in [1.165, 1.54) is 10.4 Å². The Bertz CT molecular complexity index is 833. The molecule has 1 amide bonds. The Kier molecular flexibility index (Phi) is 5.19. The van der Waals surface area contributed by atoms with E-state index in [4.69, 9.17) is 0 Å². The van der Waals surface area contributed by atoms with E-state index in [0.29, 0.717) is 17.9 Å². The number of rotatable bonds is 5. The van der Waals surface area contributed by atoms with E-state index in [1.807, 2.05) is 6.92 Å². The Morgan fingerprint density at radius 1 is 1.40 bits per heavy atom. The van der Waals surface area contributed by atoms with Gasteiger partial charge < -0.3 is 10.3 Å². The largest absolute Gasteiger partial charge is 0.347 e. The van der Waals surface area contributed by atoms with Crippen molar-refractivity contribution in [3.05, 3.63) is 48.0 Å². The predicted molar refractivity (Wildman–Crippen MR) is 93.4 cm³/mol. The first kappa shape index (κ1) is 17.6. The van der Waals surface area contributed by atoms with Gasteiger partial charge in [-0.3, -0.25) is 4.79 Å². The van der Waals surface area contributed by atoms with Crippen LogP contribution in [0.2, 0.25) is 0 Å². The van der Waals surface area contributed by atoms with Crippen molar-refractivity contribution in [2.24, 2.45) is 0 Å². The molecule has 8 heteroatoms. The number of imidazole rings is 1. The lowest BCUT2D eigenvalue weighted by molar-refractivity contribution is 0.0949. The van der Waals surface area contributed by atoms with Crippen molar-refractivity contribution in [1.29, 1.82) is 0 Å². The normalized spacial score (nSPS) is 18.8. The summed E-state index contributed by atoms with van der Waals surface area (Å²) >= 11 is 0. The fourth-order valence-electron chi connectivity index (χ4n) is 3.02. The average molecular weight is 362 g/mol. The van der Waals surface area contributed by atoms with Gasteiger partial charge in [0, 0.05) is 30.5 Å². The van der Waals surface area contributed by atoms with Crippen LogP contribution in [0.15, 0.2) is 41.6 Å². The summed E-state index contributed by atoms with van der Waals surface area (Å²) < 4.78 is 27.3. The third-order valence-corrected chi connectivity index (χ3v) is 6.43. The molecule has 1 fully saturated rings. The molecule has 2 heterocycles. The zero-order chi connectivity index (χ0) is 17.9. The zero-order valence-electron chi connectivity index (χ0n) is 14.1. The van der Waals surface area contributed by atoms with Crippen LogP contribution in [0.4, 0.5) is 0 Å². The smallest absolute Gasteiger partial charge is 0.251 e. The summed E-state index contributed by atoms with van der Waals surface area (Å²) in [6.07, 6.45) is 6.06. The number of sulfonamides is 1. The maximum absolute atomic E-state index is 12.9. The molecule has 0 radical (unpaired) electrons. The number of carbonyl (C=O) groups excluding carboxylic acids is 1. The highest BCUT2D eigenvalue weighted by molar-refractivity contribution is 7.89. The van der Waals surface area contributed by atoms with Crippen molar-refractivity contribution >= 4 is 15.9 Å². The summed E-state index contributed by atoms with van der Waals surface area (Å²) in [5, 5.41) is 2.73. The first-order valence-corrected chi connectivity index (χ1v) is 9.81. The van der Waals surface area contributed by atoms with Crippen LogP contribution in [0.3, 0.4) is 0 Å². The van der Waals surface area contributed by atoms with Crippen LogP contribution in [-0.2, 0) is 16.6 Å². The molecule has 0 bridgehead atoms. The van der Waals surface area contributed by atoms with Crippen LogP contribution in [0.5, 0.6) is 0 Å². The maximum atomic E-state index is 12.9. The molecule has 0 saturated carbocycles. The third kappa shape index (κ3) is 3.91. The lowest BCUT2D eigenvalue weighted by Crippen LogP contribution is -2.42. The molecule has 2 aromatic rings. The highest BCUT2D eigenvalue weighted by atomic mass is 32.2. The molecule has 7 nitrogen and oxygen atoms in total. The zero-order valence-corrected chi connectivity index (χ0v) is 14.9. The SMILES string of the molecule is CC1CCCCN1S(=O)(=O)c1cccc(C(=O)NCc2ncc[nH]2)c1. The van der Waals surface area contributed by atoms with Crippen molar-refractivity contribution in [2.75, 3.05) is 6.54 Å². The average Bonchev–Trinajstić information content (AvgIpc) is 3.13. The fraction of sp³-hybridized carbons (Fsp3) is 0.412. The van der Waals surface area contributed by atoms with Gasteiger partial charge in [-0.05, 0) is 38.0 Å². The Labute approximate surface area is 147 Å². The van der Waals surface area contributed by atoms with E-state index in [9.17, 15) is 13.2 Å². The topological polar surface area (TPSA) is 95.2 Å². The van der Waals surface area contributed by atoms with Gasteiger partial charge in [-0.25, -0.2) is 13.4 Å². The number of aromatic amines is 1. The molecule has 1 unspecified atom stereocenters. The van der Waals surface area contributed by atoms with Gasteiger partial charge >= 0.3 is 0 Å². The number of benzene rings is 1. The van der Waals surface area contributed by atoms with Crippen molar-refractivity contribution < 1.29 is 13.2 Å². The highest BCUT2D eigenvalue weighted by Gasteiger charge is 2.31. The van der Waals surface area contributed by atoms with Crippen LogP contribution in [0.25, 0.3) is 0 Å².